The first-order valence-electron chi connectivity index (χ1n) is 18.0. The third kappa shape index (κ3) is 12.2. The van der Waals surface area contributed by atoms with Gasteiger partial charge in [0.15, 0.2) is 12.2 Å². The van der Waals surface area contributed by atoms with Crippen LogP contribution in [0.2, 0.25) is 0 Å². The van der Waals surface area contributed by atoms with Gasteiger partial charge in [-0.3, -0.25) is 4.79 Å². The molecular formula is C37H62N2O9. The summed E-state index contributed by atoms with van der Waals surface area (Å²) in [6.45, 7) is 16.8. The zero-order chi connectivity index (χ0) is 35.6. The van der Waals surface area contributed by atoms with E-state index in [4.69, 9.17) is 14.2 Å². The molecule has 3 aliphatic heterocycles. The second kappa shape index (κ2) is 18.0. The lowest BCUT2D eigenvalue weighted by molar-refractivity contribution is -0.151. The molecule has 1 amide bonds. The number of carbonyl (C=O) groups is 2. The van der Waals surface area contributed by atoms with E-state index in [-0.39, 0.29) is 31.3 Å². The van der Waals surface area contributed by atoms with Crippen LogP contribution in [0.5, 0.6) is 0 Å². The molecule has 0 radical (unpaired) electrons. The van der Waals surface area contributed by atoms with Crippen molar-refractivity contribution in [3.05, 3.63) is 35.1 Å². The highest BCUT2D eigenvalue weighted by atomic mass is 16.6. The van der Waals surface area contributed by atoms with Crippen molar-refractivity contribution in [2.75, 3.05) is 32.7 Å². The number of epoxide rings is 1. The van der Waals surface area contributed by atoms with Crippen LogP contribution >= 0.6 is 0 Å². The predicted molar refractivity (Wildman–Crippen MR) is 184 cm³/mol. The molecule has 3 rings (SSSR count). The Labute approximate surface area is 287 Å². The van der Waals surface area contributed by atoms with Gasteiger partial charge in [0.1, 0.15) is 17.5 Å². The average Bonchev–Trinajstić information content (AvgIpc) is 3.82. The highest BCUT2D eigenvalue weighted by molar-refractivity contribution is 5.70. The molecule has 0 aromatic heterocycles. The van der Waals surface area contributed by atoms with Crippen molar-refractivity contribution in [3.63, 3.8) is 0 Å². The Hall–Kier alpha value is -2.44. The fraction of sp³-hybridized carbons (Fsp3) is 0.784. The Morgan fingerprint density at radius 3 is 2.60 bits per heavy atom. The smallest absolute Gasteiger partial charge is 0.410 e. The van der Waals surface area contributed by atoms with Crippen LogP contribution in [0.4, 0.5) is 4.79 Å². The monoisotopic (exact) mass is 678 g/mol. The maximum absolute atomic E-state index is 13.3. The lowest BCUT2D eigenvalue weighted by Crippen LogP contribution is -2.45. The van der Waals surface area contributed by atoms with Crippen molar-refractivity contribution in [3.8, 4) is 0 Å². The van der Waals surface area contributed by atoms with E-state index in [0.29, 0.717) is 38.8 Å². The fourth-order valence-corrected chi connectivity index (χ4v) is 6.63. The molecule has 3 aliphatic rings. The minimum atomic E-state index is -1.48. The third-order valence-electron chi connectivity index (χ3n) is 9.94. The number of allylic oxidation sites excluding steroid dienone is 1. The second-order valence-corrected chi connectivity index (χ2v) is 14.7. The van der Waals surface area contributed by atoms with Crippen LogP contribution in [0.3, 0.4) is 0 Å². The Morgan fingerprint density at radius 1 is 1.19 bits per heavy atom. The molecule has 11 heteroatoms. The number of nitrogens with zero attached hydrogens (tertiary/aromatic N) is 2. The molecule has 11 nitrogen and oxygen atoms in total. The summed E-state index contributed by atoms with van der Waals surface area (Å²) in [6.07, 6.45) is 5.44. The van der Waals surface area contributed by atoms with Gasteiger partial charge in [-0.2, -0.15) is 0 Å². The van der Waals surface area contributed by atoms with Gasteiger partial charge in [0.25, 0.3) is 0 Å². The lowest BCUT2D eigenvalue weighted by atomic mass is 9.88. The number of hydrogen-bond acceptors (Lipinski definition) is 10. The first kappa shape index (κ1) is 40.0. The first-order valence-corrected chi connectivity index (χ1v) is 18.0. The number of ether oxygens (including phenoxy) is 3. The molecule has 48 heavy (non-hydrogen) atoms. The molecule has 274 valence electrons. The molecule has 3 heterocycles. The summed E-state index contributed by atoms with van der Waals surface area (Å²) < 4.78 is 17.5. The van der Waals surface area contributed by atoms with Crippen LogP contribution in [-0.2, 0) is 19.0 Å². The molecular weight excluding hydrogens is 616 g/mol. The standard InChI is InChI=1S/C37H62N2O9/c1-8-18-38-19-11-20-39(22-21-38)35(43)47-31-14-13-26(4)33(48-32(42)23-28(40)15-17-37(31,7)45)25(3)12-10-16-36(6,44)24-30-34(46-30)27(5)29(41)9-2/h12-14,26,28-31,33,40-41,44-45H,8-11,15-24H2,1-7H3/b14-13+,25-12+,34-27+. The number of hydrogen-bond donors (Lipinski definition) is 4. The average molecular weight is 679 g/mol. The van der Waals surface area contributed by atoms with Gasteiger partial charge in [-0.25, -0.2) is 4.79 Å². The Bertz CT molecular complexity index is 1160. The number of aliphatic hydroxyl groups is 4. The van der Waals surface area contributed by atoms with E-state index in [1.165, 1.54) is 0 Å². The Balaban J connectivity index is 1.72. The largest absolute Gasteiger partial charge is 0.483 e. The van der Waals surface area contributed by atoms with Gasteiger partial charge in [0, 0.05) is 32.0 Å². The zero-order valence-corrected chi connectivity index (χ0v) is 30.3. The SMILES string of the molecule is CCCN1CCCN(C(=O)OC2/C=C/C(C)C(/C(C)=C/CCC(C)(O)CC3O/C3=C(\C)C(O)CC)OC(=O)CC(O)CCC2(C)O)CC1. The molecule has 2 saturated heterocycles. The maximum Gasteiger partial charge on any atom is 0.410 e. The van der Waals surface area contributed by atoms with Crippen LogP contribution < -0.4 is 0 Å². The van der Waals surface area contributed by atoms with E-state index in [9.17, 15) is 30.0 Å². The summed E-state index contributed by atoms with van der Waals surface area (Å²) in [7, 11) is 0. The highest BCUT2D eigenvalue weighted by Gasteiger charge is 2.41. The molecule has 0 saturated carbocycles. The summed E-state index contributed by atoms with van der Waals surface area (Å²) in [6, 6.07) is 0. The van der Waals surface area contributed by atoms with Crippen molar-refractivity contribution < 1.29 is 44.2 Å². The summed E-state index contributed by atoms with van der Waals surface area (Å²) in [4.78, 5) is 30.3. The van der Waals surface area contributed by atoms with Crippen LogP contribution in [0.15, 0.2) is 35.1 Å². The summed E-state index contributed by atoms with van der Waals surface area (Å²) >= 11 is 0. The normalized spacial score (nSPS) is 33.1. The molecule has 8 unspecified atom stereocenters. The van der Waals surface area contributed by atoms with Crippen LogP contribution in [-0.4, -0.2) is 117 Å². The summed E-state index contributed by atoms with van der Waals surface area (Å²) in [5.74, 6) is -0.128. The van der Waals surface area contributed by atoms with Gasteiger partial charge in [0.2, 0.25) is 0 Å². The van der Waals surface area contributed by atoms with E-state index in [2.05, 4.69) is 11.8 Å². The number of cyclic esters (lactones) is 1. The fourth-order valence-electron chi connectivity index (χ4n) is 6.63. The second-order valence-electron chi connectivity index (χ2n) is 14.7. The van der Waals surface area contributed by atoms with Crippen molar-refractivity contribution in [1.82, 2.24) is 9.80 Å². The van der Waals surface area contributed by atoms with Crippen LogP contribution in [0, 0.1) is 5.92 Å². The van der Waals surface area contributed by atoms with Crippen LogP contribution in [0.25, 0.3) is 0 Å². The van der Waals surface area contributed by atoms with E-state index in [1.54, 1.807) is 24.8 Å². The Kier molecular flexibility index (Phi) is 15.0. The van der Waals surface area contributed by atoms with Crippen molar-refractivity contribution in [2.45, 2.75) is 148 Å². The van der Waals surface area contributed by atoms with E-state index >= 15 is 0 Å². The van der Waals surface area contributed by atoms with Crippen molar-refractivity contribution in [1.29, 1.82) is 0 Å². The van der Waals surface area contributed by atoms with Gasteiger partial charge in [-0.15, -0.1) is 0 Å². The molecule has 0 spiro atoms. The quantitative estimate of drug-likeness (QED) is 0.138. The van der Waals surface area contributed by atoms with Gasteiger partial charge < -0.3 is 44.4 Å². The van der Waals surface area contributed by atoms with Gasteiger partial charge in [-0.05, 0) is 103 Å². The molecule has 2 fully saturated rings. The first-order chi connectivity index (χ1) is 22.6. The van der Waals surface area contributed by atoms with E-state index in [1.807, 2.05) is 39.8 Å². The minimum absolute atomic E-state index is 0.118. The molecule has 8 atom stereocenters. The highest BCUT2D eigenvalue weighted by Crippen LogP contribution is 2.39. The summed E-state index contributed by atoms with van der Waals surface area (Å²) in [5.41, 5.74) is -0.890. The lowest BCUT2D eigenvalue weighted by Gasteiger charge is -2.34. The number of amides is 1. The van der Waals surface area contributed by atoms with Gasteiger partial charge in [0.05, 0.1) is 24.2 Å². The topological polar surface area (TPSA) is 153 Å². The minimum Gasteiger partial charge on any atom is -0.483 e. The van der Waals surface area contributed by atoms with Gasteiger partial charge in [-0.1, -0.05) is 32.9 Å². The molecule has 0 aliphatic carbocycles. The number of carbonyl (C=O) groups excluding carboxylic acids is 2. The third-order valence-corrected chi connectivity index (χ3v) is 9.94. The van der Waals surface area contributed by atoms with E-state index < -0.39 is 47.7 Å². The molecule has 0 bridgehead atoms. The zero-order valence-electron chi connectivity index (χ0n) is 30.3. The summed E-state index contributed by atoms with van der Waals surface area (Å²) in [5, 5.41) is 43.3. The molecule has 0 aromatic carbocycles. The van der Waals surface area contributed by atoms with Crippen molar-refractivity contribution >= 4 is 12.1 Å². The molecule has 4 N–H and O–H groups in total. The Morgan fingerprint density at radius 2 is 1.92 bits per heavy atom. The van der Waals surface area contributed by atoms with Crippen molar-refractivity contribution in [2.24, 2.45) is 5.92 Å². The number of aliphatic hydroxyl groups excluding tert-OH is 2. The van der Waals surface area contributed by atoms with Crippen LogP contribution in [0.1, 0.15) is 106 Å². The van der Waals surface area contributed by atoms with E-state index in [0.717, 1.165) is 49.4 Å². The van der Waals surface area contributed by atoms with Gasteiger partial charge >= 0.3 is 12.1 Å². The number of esters is 1. The predicted octanol–water partition coefficient (Wildman–Crippen LogP) is 4.62. The molecule has 0 aromatic rings. The number of rotatable bonds is 11. The maximum atomic E-state index is 13.3.